The van der Waals surface area contributed by atoms with E-state index in [2.05, 4.69) is 45.7 Å². The van der Waals surface area contributed by atoms with Crippen molar-refractivity contribution in [2.24, 2.45) is 0 Å². The van der Waals surface area contributed by atoms with Crippen molar-refractivity contribution in [1.29, 1.82) is 0 Å². The molecule has 0 spiro atoms. The van der Waals surface area contributed by atoms with Gasteiger partial charge in [-0.25, -0.2) is 0 Å². The molecule has 0 fully saturated rings. The van der Waals surface area contributed by atoms with E-state index >= 15 is 0 Å². The summed E-state index contributed by atoms with van der Waals surface area (Å²) < 4.78 is 0. The standard InChI is InChI=1S/C22H28N4O2/c1-15-5-8-18(9-6-15)24-22(28)21(27)23-14-20(25(2)3)16-7-10-19-17(13-16)11-12-26(19)4/h5-10,13,20H,11-12,14H2,1-4H3,(H,23,27)(H,24,28)/t20-/m0/s1. The van der Waals surface area contributed by atoms with E-state index in [0.29, 0.717) is 12.2 Å². The van der Waals surface area contributed by atoms with Crippen LogP contribution in [0.2, 0.25) is 0 Å². The molecule has 2 aromatic carbocycles. The molecule has 6 heteroatoms. The highest BCUT2D eigenvalue weighted by Gasteiger charge is 2.22. The number of nitrogens with one attached hydrogen (secondary N) is 2. The van der Waals surface area contributed by atoms with E-state index in [0.717, 1.165) is 24.1 Å². The number of rotatable bonds is 5. The summed E-state index contributed by atoms with van der Waals surface area (Å²) in [6.07, 6.45) is 1.03. The number of carbonyl (C=O) groups excluding carboxylic acids is 2. The van der Waals surface area contributed by atoms with Crippen LogP contribution < -0.4 is 15.5 Å². The Morgan fingerprint density at radius 3 is 2.50 bits per heavy atom. The van der Waals surface area contributed by atoms with Crippen molar-refractivity contribution >= 4 is 23.2 Å². The molecule has 0 aliphatic carbocycles. The zero-order chi connectivity index (χ0) is 20.3. The molecule has 6 nitrogen and oxygen atoms in total. The lowest BCUT2D eigenvalue weighted by molar-refractivity contribution is -0.136. The van der Waals surface area contributed by atoms with Gasteiger partial charge in [-0.1, -0.05) is 29.8 Å². The first kappa shape index (κ1) is 19.9. The molecule has 0 radical (unpaired) electrons. The Hall–Kier alpha value is -2.86. The van der Waals surface area contributed by atoms with Crippen molar-refractivity contribution in [2.45, 2.75) is 19.4 Å². The number of hydrogen-bond acceptors (Lipinski definition) is 4. The van der Waals surface area contributed by atoms with Gasteiger partial charge in [-0.05, 0) is 56.8 Å². The van der Waals surface area contributed by atoms with Gasteiger partial charge in [-0.15, -0.1) is 0 Å². The summed E-state index contributed by atoms with van der Waals surface area (Å²) in [4.78, 5) is 28.7. The fraction of sp³-hybridized carbons (Fsp3) is 0.364. The van der Waals surface area contributed by atoms with Gasteiger partial charge < -0.3 is 20.4 Å². The summed E-state index contributed by atoms with van der Waals surface area (Å²) in [5, 5.41) is 5.40. The minimum atomic E-state index is -0.656. The molecular formula is C22H28N4O2. The Morgan fingerprint density at radius 1 is 1.11 bits per heavy atom. The van der Waals surface area contributed by atoms with Crippen LogP contribution >= 0.6 is 0 Å². The van der Waals surface area contributed by atoms with Crippen LogP contribution in [0, 0.1) is 6.92 Å². The Balaban J connectivity index is 1.62. The van der Waals surface area contributed by atoms with Crippen molar-refractivity contribution in [3.63, 3.8) is 0 Å². The van der Waals surface area contributed by atoms with Gasteiger partial charge in [0.05, 0.1) is 6.04 Å². The SMILES string of the molecule is Cc1ccc(NC(=O)C(=O)NC[C@@H](c2ccc3c(c2)CCN3C)N(C)C)cc1. The molecule has 0 aromatic heterocycles. The number of benzene rings is 2. The quantitative estimate of drug-likeness (QED) is 0.782. The van der Waals surface area contributed by atoms with Crippen LogP contribution in [0.1, 0.15) is 22.7 Å². The van der Waals surface area contributed by atoms with Crippen LogP contribution in [-0.2, 0) is 16.0 Å². The number of carbonyl (C=O) groups is 2. The monoisotopic (exact) mass is 380 g/mol. The predicted octanol–water partition coefficient (Wildman–Crippen LogP) is 2.34. The van der Waals surface area contributed by atoms with Crippen molar-refractivity contribution < 1.29 is 9.59 Å². The van der Waals surface area contributed by atoms with E-state index in [4.69, 9.17) is 0 Å². The van der Waals surface area contributed by atoms with Crippen LogP contribution in [0.3, 0.4) is 0 Å². The maximum Gasteiger partial charge on any atom is 0.313 e. The Bertz CT molecular complexity index is 861. The fourth-order valence-electron chi connectivity index (χ4n) is 3.49. The van der Waals surface area contributed by atoms with Gasteiger partial charge in [0.15, 0.2) is 0 Å². The van der Waals surface area contributed by atoms with Crippen LogP contribution in [-0.4, -0.2) is 50.9 Å². The normalized spacial score (nSPS) is 14.0. The van der Waals surface area contributed by atoms with E-state index in [9.17, 15) is 9.59 Å². The molecule has 0 saturated carbocycles. The third-order valence-electron chi connectivity index (χ3n) is 5.21. The van der Waals surface area contributed by atoms with Gasteiger partial charge >= 0.3 is 11.8 Å². The first-order valence-electron chi connectivity index (χ1n) is 9.51. The number of aryl methyl sites for hydroxylation is 1. The second-order valence-electron chi connectivity index (χ2n) is 7.57. The van der Waals surface area contributed by atoms with Gasteiger partial charge in [0.25, 0.3) is 0 Å². The second-order valence-corrected chi connectivity index (χ2v) is 7.57. The van der Waals surface area contributed by atoms with Crippen LogP contribution in [0.25, 0.3) is 0 Å². The number of anilines is 2. The first-order chi connectivity index (χ1) is 13.3. The average Bonchev–Trinajstić information content (AvgIpc) is 3.03. The molecule has 2 aromatic rings. The van der Waals surface area contributed by atoms with E-state index in [1.54, 1.807) is 12.1 Å². The van der Waals surface area contributed by atoms with Crippen LogP contribution in [0.5, 0.6) is 0 Å². The van der Waals surface area contributed by atoms with Gasteiger partial charge in [-0.3, -0.25) is 9.59 Å². The van der Waals surface area contributed by atoms with Crippen molar-refractivity contribution in [3.05, 3.63) is 59.2 Å². The van der Waals surface area contributed by atoms with Gasteiger partial charge in [0.1, 0.15) is 0 Å². The molecule has 1 aliphatic heterocycles. The average molecular weight is 380 g/mol. The Labute approximate surface area is 166 Å². The molecule has 1 aliphatic rings. The van der Waals surface area contributed by atoms with E-state index in [1.165, 1.54) is 11.3 Å². The highest BCUT2D eigenvalue weighted by Crippen LogP contribution is 2.30. The summed E-state index contributed by atoms with van der Waals surface area (Å²) >= 11 is 0. The van der Waals surface area contributed by atoms with Gasteiger partial charge in [0.2, 0.25) is 0 Å². The molecule has 1 atom stereocenters. The zero-order valence-corrected chi connectivity index (χ0v) is 17.0. The van der Waals surface area contributed by atoms with Gasteiger partial charge in [0, 0.05) is 31.5 Å². The highest BCUT2D eigenvalue weighted by molar-refractivity contribution is 6.39. The lowest BCUT2D eigenvalue weighted by atomic mass is 10.0. The number of hydrogen-bond donors (Lipinski definition) is 2. The summed E-state index contributed by atoms with van der Waals surface area (Å²) in [5.74, 6) is -1.29. The first-order valence-corrected chi connectivity index (χ1v) is 9.51. The molecule has 2 N–H and O–H groups in total. The maximum absolute atomic E-state index is 12.3. The molecular weight excluding hydrogens is 352 g/mol. The lowest BCUT2D eigenvalue weighted by Crippen LogP contribution is -2.40. The highest BCUT2D eigenvalue weighted by atomic mass is 16.2. The fourth-order valence-corrected chi connectivity index (χ4v) is 3.49. The summed E-state index contributed by atoms with van der Waals surface area (Å²) in [6, 6.07) is 13.8. The number of nitrogens with zero attached hydrogens (tertiary/aromatic N) is 2. The molecule has 0 unspecified atom stereocenters. The van der Waals surface area contributed by atoms with Crippen molar-refractivity contribution in [3.8, 4) is 0 Å². The molecule has 0 saturated heterocycles. The largest absolute Gasteiger partial charge is 0.374 e. The second kappa shape index (κ2) is 8.44. The van der Waals surface area contributed by atoms with Crippen molar-refractivity contribution in [2.75, 3.05) is 44.4 Å². The molecule has 2 amide bonds. The summed E-state index contributed by atoms with van der Waals surface area (Å²) in [5.41, 5.74) is 5.44. The minimum Gasteiger partial charge on any atom is -0.374 e. The Morgan fingerprint density at radius 2 is 1.82 bits per heavy atom. The lowest BCUT2D eigenvalue weighted by Gasteiger charge is -2.26. The van der Waals surface area contributed by atoms with E-state index in [-0.39, 0.29) is 6.04 Å². The van der Waals surface area contributed by atoms with Crippen LogP contribution in [0.4, 0.5) is 11.4 Å². The van der Waals surface area contributed by atoms with Gasteiger partial charge in [-0.2, -0.15) is 0 Å². The summed E-state index contributed by atoms with van der Waals surface area (Å²) in [6.45, 7) is 3.36. The topological polar surface area (TPSA) is 64.7 Å². The Kier molecular flexibility index (Phi) is 5.99. The van der Waals surface area contributed by atoms with E-state index in [1.807, 2.05) is 33.2 Å². The molecule has 28 heavy (non-hydrogen) atoms. The number of fused-ring (bicyclic) bond motifs is 1. The molecule has 148 valence electrons. The molecule has 0 bridgehead atoms. The van der Waals surface area contributed by atoms with Crippen molar-refractivity contribution in [1.82, 2.24) is 10.2 Å². The summed E-state index contributed by atoms with van der Waals surface area (Å²) in [7, 11) is 6.05. The molecule has 1 heterocycles. The smallest absolute Gasteiger partial charge is 0.313 e. The minimum absolute atomic E-state index is 0.00710. The number of likely N-dealkylation sites (N-methyl/N-ethyl adjacent to an activating group) is 2. The zero-order valence-electron chi connectivity index (χ0n) is 17.0. The molecule has 3 rings (SSSR count). The third-order valence-corrected chi connectivity index (χ3v) is 5.21. The third kappa shape index (κ3) is 4.51. The van der Waals surface area contributed by atoms with Crippen LogP contribution in [0.15, 0.2) is 42.5 Å². The number of amides is 2. The predicted molar refractivity (Wildman–Crippen MR) is 113 cm³/mol. The van der Waals surface area contributed by atoms with E-state index < -0.39 is 11.8 Å². The maximum atomic E-state index is 12.3.